The van der Waals surface area contributed by atoms with E-state index < -0.39 is 0 Å². The van der Waals surface area contributed by atoms with Crippen LogP contribution >= 0.6 is 11.6 Å². The van der Waals surface area contributed by atoms with Gasteiger partial charge in [0.15, 0.2) is 0 Å². The van der Waals surface area contributed by atoms with E-state index in [0.29, 0.717) is 6.04 Å². The van der Waals surface area contributed by atoms with Crippen molar-refractivity contribution in [2.24, 2.45) is 0 Å². The third-order valence-corrected chi connectivity index (χ3v) is 3.65. The Balaban J connectivity index is 2.42. The van der Waals surface area contributed by atoms with Gasteiger partial charge >= 0.3 is 0 Å². The zero-order chi connectivity index (χ0) is 13.8. The molecule has 0 aliphatic heterocycles. The number of ether oxygens (including phenoxy) is 1. The summed E-state index contributed by atoms with van der Waals surface area (Å²) in [6, 6.07) is 14.4. The molecule has 0 saturated carbocycles. The number of nitrogens with one attached hydrogen (secondary N) is 1. The lowest BCUT2D eigenvalue weighted by molar-refractivity contribution is 0.415. The van der Waals surface area contributed by atoms with Gasteiger partial charge in [0.1, 0.15) is 5.75 Å². The fourth-order valence-corrected chi connectivity index (χ4v) is 2.20. The second-order valence-corrected chi connectivity index (χ2v) is 4.89. The quantitative estimate of drug-likeness (QED) is 0.898. The lowest BCUT2D eigenvalue weighted by Gasteiger charge is -2.13. The molecule has 1 atom stereocenters. The van der Waals surface area contributed by atoms with Crippen molar-refractivity contribution < 1.29 is 4.74 Å². The second-order valence-electron chi connectivity index (χ2n) is 4.48. The van der Waals surface area contributed by atoms with Crippen molar-refractivity contribution >= 4 is 11.6 Å². The third-order valence-electron chi connectivity index (χ3n) is 3.32. The predicted molar refractivity (Wildman–Crippen MR) is 80.9 cm³/mol. The molecule has 0 spiro atoms. The van der Waals surface area contributed by atoms with Gasteiger partial charge in [0.05, 0.1) is 7.11 Å². The Hall–Kier alpha value is -1.51. The SMILES string of the molecule is CNC(C)c1ccc(Cl)c(-c2ccc(OC)cc2)c1. The van der Waals surface area contributed by atoms with Crippen molar-refractivity contribution in [3.05, 3.63) is 53.1 Å². The number of hydrogen-bond acceptors (Lipinski definition) is 2. The standard InChI is InChI=1S/C16H18ClNO/c1-11(18-2)13-6-9-16(17)15(10-13)12-4-7-14(19-3)8-5-12/h4-11,18H,1-3H3. The highest BCUT2D eigenvalue weighted by atomic mass is 35.5. The lowest BCUT2D eigenvalue weighted by Crippen LogP contribution is -2.12. The smallest absolute Gasteiger partial charge is 0.118 e. The molecule has 19 heavy (non-hydrogen) atoms. The number of rotatable bonds is 4. The molecular formula is C16H18ClNO. The van der Waals surface area contributed by atoms with Gasteiger partial charge in [-0.25, -0.2) is 0 Å². The molecule has 0 bridgehead atoms. The van der Waals surface area contributed by atoms with Crippen LogP contribution in [0.3, 0.4) is 0 Å². The van der Waals surface area contributed by atoms with Gasteiger partial charge in [-0.1, -0.05) is 29.8 Å². The van der Waals surface area contributed by atoms with Crippen LogP contribution in [0.4, 0.5) is 0 Å². The summed E-state index contributed by atoms with van der Waals surface area (Å²) in [6.45, 7) is 2.13. The summed E-state index contributed by atoms with van der Waals surface area (Å²) in [7, 11) is 3.61. The number of benzene rings is 2. The van der Waals surface area contributed by atoms with E-state index in [2.05, 4.69) is 24.4 Å². The molecule has 0 radical (unpaired) electrons. The van der Waals surface area contributed by atoms with E-state index in [-0.39, 0.29) is 0 Å². The van der Waals surface area contributed by atoms with Crippen molar-refractivity contribution in [1.29, 1.82) is 0 Å². The summed E-state index contributed by atoms with van der Waals surface area (Å²) >= 11 is 6.30. The van der Waals surface area contributed by atoms with Crippen molar-refractivity contribution in [2.75, 3.05) is 14.2 Å². The first-order valence-corrected chi connectivity index (χ1v) is 6.64. The van der Waals surface area contributed by atoms with Crippen molar-refractivity contribution in [2.45, 2.75) is 13.0 Å². The van der Waals surface area contributed by atoms with Crippen LogP contribution in [0, 0.1) is 0 Å². The first kappa shape index (κ1) is 13.9. The highest BCUT2D eigenvalue weighted by Crippen LogP contribution is 2.31. The fourth-order valence-electron chi connectivity index (χ4n) is 1.97. The van der Waals surface area contributed by atoms with Crippen LogP contribution in [-0.4, -0.2) is 14.2 Å². The Kier molecular flexibility index (Phi) is 4.46. The molecule has 2 aromatic rings. The van der Waals surface area contributed by atoms with Gasteiger partial charge in [-0.2, -0.15) is 0 Å². The molecule has 1 N–H and O–H groups in total. The van der Waals surface area contributed by atoms with E-state index in [1.807, 2.05) is 37.4 Å². The van der Waals surface area contributed by atoms with Crippen LogP contribution in [0.2, 0.25) is 5.02 Å². The van der Waals surface area contributed by atoms with Crippen molar-refractivity contribution in [3.8, 4) is 16.9 Å². The van der Waals surface area contributed by atoms with Crippen molar-refractivity contribution in [1.82, 2.24) is 5.32 Å². The Labute approximate surface area is 119 Å². The summed E-state index contributed by atoms with van der Waals surface area (Å²) < 4.78 is 5.17. The lowest BCUT2D eigenvalue weighted by atomic mass is 10.00. The summed E-state index contributed by atoms with van der Waals surface area (Å²) in [5, 5.41) is 4.00. The zero-order valence-corrected chi connectivity index (χ0v) is 12.2. The van der Waals surface area contributed by atoms with Gasteiger partial charge in [-0.05, 0) is 49.4 Å². The molecule has 3 heteroatoms. The minimum Gasteiger partial charge on any atom is -0.497 e. The molecular weight excluding hydrogens is 258 g/mol. The van der Waals surface area contributed by atoms with Crippen LogP contribution in [0.5, 0.6) is 5.75 Å². The van der Waals surface area contributed by atoms with Crippen molar-refractivity contribution in [3.63, 3.8) is 0 Å². The number of halogens is 1. The van der Waals surface area contributed by atoms with E-state index in [1.165, 1.54) is 5.56 Å². The van der Waals surface area contributed by atoms with Gasteiger partial charge in [0.2, 0.25) is 0 Å². The van der Waals surface area contributed by atoms with Crippen LogP contribution in [0.25, 0.3) is 11.1 Å². The molecule has 2 rings (SSSR count). The maximum absolute atomic E-state index is 6.30. The summed E-state index contributed by atoms with van der Waals surface area (Å²) in [5.74, 6) is 0.847. The third kappa shape index (κ3) is 3.09. The Morgan fingerprint density at radius 1 is 1.11 bits per heavy atom. The topological polar surface area (TPSA) is 21.3 Å². The molecule has 0 aliphatic carbocycles. The zero-order valence-electron chi connectivity index (χ0n) is 11.4. The van der Waals surface area contributed by atoms with E-state index in [4.69, 9.17) is 16.3 Å². The normalized spacial score (nSPS) is 12.2. The molecule has 0 heterocycles. The highest BCUT2D eigenvalue weighted by molar-refractivity contribution is 6.33. The molecule has 0 aromatic heterocycles. The van der Waals surface area contributed by atoms with Crippen LogP contribution in [0.15, 0.2) is 42.5 Å². The van der Waals surface area contributed by atoms with Crippen LogP contribution < -0.4 is 10.1 Å². The van der Waals surface area contributed by atoms with E-state index in [0.717, 1.165) is 21.9 Å². The van der Waals surface area contributed by atoms with Gasteiger partial charge < -0.3 is 10.1 Å². The van der Waals surface area contributed by atoms with Crippen LogP contribution in [0.1, 0.15) is 18.5 Å². The molecule has 0 aliphatic rings. The van der Waals surface area contributed by atoms with Gasteiger partial charge in [0, 0.05) is 16.6 Å². The Bertz CT molecular complexity index is 551. The molecule has 0 amide bonds. The van der Waals surface area contributed by atoms with E-state index in [1.54, 1.807) is 7.11 Å². The maximum atomic E-state index is 6.30. The largest absolute Gasteiger partial charge is 0.497 e. The average molecular weight is 276 g/mol. The number of hydrogen-bond donors (Lipinski definition) is 1. The highest BCUT2D eigenvalue weighted by Gasteiger charge is 2.08. The molecule has 100 valence electrons. The first-order valence-electron chi connectivity index (χ1n) is 6.27. The average Bonchev–Trinajstić information content (AvgIpc) is 2.47. The maximum Gasteiger partial charge on any atom is 0.118 e. The van der Waals surface area contributed by atoms with Gasteiger partial charge in [0.25, 0.3) is 0 Å². The molecule has 0 saturated heterocycles. The molecule has 2 nitrogen and oxygen atoms in total. The predicted octanol–water partition coefficient (Wildman–Crippen LogP) is 4.30. The minimum atomic E-state index is 0.300. The fraction of sp³-hybridized carbons (Fsp3) is 0.250. The minimum absolute atomic E-state index is 0.300. The monoisotopic (exact) mass is 275 g/mol. The molecule has 0 fully saturated rings. The Morgan fingerprint density at radius 2 is 1.79 bits per heavy atom. The Morgan fingerprint density at radius 3 is 2.37 bits per heavy atom. The van der Waals surface area contributed by atoms with E-state index in [9.17, 15) is 0 Å². The van der Waals surface area contributed by atoms with Gasteiger partial charge in [-0.3, -0.25) is 0 Å². The summed E-state index contributed by atoms with van der Waals surface area (Å²) in [5.41, 5.74) is 3.36. The van der Waals surface area contributed by atoms with Gasteiger partial charge in [-0.15, -0.1) is 0 Å². The molecule has 1 unspecified atom stereocenters. The first-order chi connectivity index (χ1) is 9.15. The summed E-state index contributed by atoms with van der Waals surface area (Å²) in [4.78, 5) is 0. The second kappa shape index (κ2) is 6.09. The summed E-state index contributed by atoms with van der Waals surface area (Å²) in [6.07, 6.45) is 0. The number of methoxy groups -OCH3 is 1. The van der Waals surface area contributed by atoms with Crippen LogP contribution in [-0.2, 0) is 0 Å². The molecule has 2 aromatic carbocycles. The van der Waals surface area contributed by atoms with E-state index >= 15 is 0 Å².